The molecule has 4 heterocycles. The van der Waals surface area contributed by atoms with Crippen molar-refractivity contribution in [2.24, 2.45) is 11.7 Å². The summed E-state index contributed by atoms with van der Waals surface area (Å²) in [5, 5.41) is 10.4. The molecule has 9 nitrogen and oxygen atoms in total. The fraction of sp³-hybridized carbons (Fsp3) is 0.526. The van der Waals surface area contributed by atoms with Gasteiger partial charge in [-0.2, -0.15) is 0 Å². The maximum atomic E-state index is 12.7. The highest BCUT2D eigenvalue weighted by atomic mass is 32.1. The van der Waals surface area contributed by atoms with E-state index in [1.165, 1.54) is 11.3 Å². The molecular formula is C19H24N6O3S. The smallest absolute Gasteiger partial charge is 0.272 e. The molecule has 29 heavy (non-hydrogen) atoms. The van der Waals surface area contributed by atoms with Crippen molar-refractivity contribution in [2.45, 2.75) is 45.6 Å². The molecule has 1 fully saturated rings. The molecule has 0 unspecified atom stereocenters. The molecule has 0 aromatic carbocycles. The number of nitrogens with zero attached hydrogens (tertiary/aromatic N) is 5. The van der Waals surface area contributed by atoms with Crippen LogP contribution in [0.1, 0.15) is 38.4 Å². The number of hydrogen-bond donors (Lipinski definition) is 1. The monoisotopic (exact) mass is 416 g/mol. The van der Waals surface area contributed by atoms with E-state index in [-0.39, 0.29) is 23.3 Å². The van der Waals surface area contributed by atoms with Gasteiger partial charge in [-0.25, -0.2) is 0 Å². The summed E-state index contributed by atoms with van der Waals surface area (Å²) in [7, 11) is 0. The molecule has 0 spiro atoms. The van der Waals surface area contributed by atoms with Crippen LogP contribution in [-0.4, -0.2) is 49.0 Å². The summed E-state index contributed by atoms with van der Waals surface area (Å²) < 4.78 is 4.23. The lowest BCUT2D eigenvalue weighted by Crippen LogP contribution is -2.41. The van der Waals surface area contributed by atoms with E-state index in [1.807, 2.05) is 22.8 Å². The number of fused-ring (bicyclic) bond motifs is 3. The lowest BCUT2D eigenvalue weighted by Gasteiger charge is -2.30. The lowest BCUT2D eigenvalue weighted by molar-refractivity contribution is -0.134. The summed E-state index contributed by atoms with van der Waals surface area (Å²) in [6.45, 7) is 3.69. The third-order valence-electron chi connectivity index (χ3n) is 5.54. The van der Waals surface area contributed by atoms with Gasteiger partial charge in [0.15, 0.2) is 0 Å². The van der Waals surface area contributed by atoms with Crippen LogP contribution < -0.4 is 11.3 Å². The fourth-order valence-corrected chi connectivity index (χ4v) is 4.78. The summed E-state index contributed by atoms with van der Waals surface area (Å²) in [6, 6.07) is 1.90. The largest absolute Gasteiger partial charge is 0.369 e. The van der Waals surface area contributed by atoms with Gasteiger partial charge in [0.05, 0.1) is 5.52 Å². The normalized spacial score (nSPS) is 15.4. The first kappa shape index (κ1) is 19.6. The summed E-state index contributed by atoms with van der Waals surface area (Å²) >= 11 is 1.41. The van der Waals surface area contributed by atoms with Crippen LogP contribution >= 0.6 is 11.3 Å². The topological polar surface area (TPSA) is 116 Å². The van der Waals surface area contributed by atoms with Crippen molar-refractivity contribution >= 4 is 39.1 Å². The Labute approximate surface area is 171 Å². The molecule has 0 bridgehead atoms. The standard InChI is InChI=1S/C19H24N6O3S/c1-2-8-24-18(28)16-13(7-11-29-16)25-14(21-22-19(24)25)3-4-15(26)23-9-5-12(6-10-23)17(20)27/h7,11-12H,2-6,8-10H2,1H3,(H2,20,27). The Morgan fingerprint density at radius 3 is 2.72 bits per heavy atom. The minimum absolute atomic E-state index is 0.0353. The second kappa shape index (κ2) is 7.94. The highest BCUT2D eigenvalue weighted by Gasteiger charge is 2.26. The molecule has 1 saturated heterocycles. The van der Waals surface area contributed by atoms with Crippen LogP contribution in [0.2, 0.25) is 0 Å². The van der Waals surface area contributed by atoms with Gasteiger partial charge in [0.1, 0.15) is 10.5 Å². The van der Waals surface area contributed by atoms with Crippen LogP contribution in [-0.2, 0) is 22.6 Å². The number of nitrogens with two attached hydrogens (primary N) is 1. The van der Waals surface area contributed by atoms with E-state index in [9.17, 15) is 14.4 Å². The predicted molar refractivity (Wildman–Crippen MR) is 110 cm³/mol. The maximum Gasteiger partial charge on any atom is 0.272 e. The third-order valence-corrected chi connectivity index (χ3v) is 6.43. The van der Waals surface area contributed by atoms with E-state index in [0.29, 0.717) is 61.6 Å². The van der Waals surface area contributed by atoms with Gasteiger partial charge in [0, 0.05) is 38.4 Å². The molecule has 0 atom stereocenters. The van der Waals surface area contributed by atoms with Crippen LogP contribution in [0.3, 0.4) is 0 Å². The zero-order valence-corrected chi connectivity index (χ0v) is 17.2. The van der Waals surface area contributed by atoms with E-state index >= 15 is 0 Å². The number of primary amides is 1. The molecule has 10 heteroatoms. The van der Waals surface area contributed by atoms with E-state index in [2.05, 4.69) is 10.2 Å². The Kier molecular flexibility index (Phi) is 5.35. The number of aromatic nitrogens is 4. The second-order valence-electron chi connectivity index (χ2n) is 7.40. The average Bonchev–Trinajstić information content (AvgIpc) is 3.36. The van der Waals surface area contributed by atoms with Crippen molar-refractivity contribution in [2.75, 3.05) is 13.1 Å². The fourth-order valence-electron chi connectivity index (χ4n) is 3.96. The van der Waals surface area contributed by atoms with Crippen molar-refractivity contribution in [3.05, 3.63) is 27.6 Å². The van der Waals surface area contributed by atoms with Crippen molar-refractivity contribution in [3.8, 4) is 0 Å². The van der Waals surface area contributed by atoms with Crippen LogP contribution in [0.15, 0.2) is 16.2 Å². The SMILES string of the molecule is CCCn1c(=O)c2sccc2n2c(CCC(=O)N3CCC(C(N)=O)CC3)nnc12. The predicted octanol–water partition coefficient (Wildman–Crippen LogP) is 1.17. The number of carbonyl (C=O) groups is 2. The summed E-state index contributed by atoms with van der Waals surface area (Å²) in [5.74, 6) is 0.806. The quantitative estimate of drug-likeness (QED) is 0.648. The molecule has 3 aromatic heterocycles. The van der Waals surface area contributed by atoms with Crippen molar-refractivity contribution in [1.29, 1.82) is 0 Å². The summed E-state index contributed by atoms with van der Waals surface area (Å²) in [4.78, 5) is 38.5. The first-order valence-electron chi connectivity index (χ1n) is 9.92. The van der Waals surface area contributed by atoms with Crippen molar-refractivity contribution in [1.82, 2.24) is 24.1 Å². The number of aryl methyl sites for hydroxylation is 2. The summed E-state index contributed by atoms with van der Waals surface area (Å²) in [6.07, 6.45) is 2.79. The van der Waals surface area contributed by atoms with Crippen LogP contribution in [0, 0.1) is 5.92 Å². The molecule has 2 amide bonds. The van der Waals surface area contributed by atoms with Crippen LogP contribution in [0.25, 0.3) is 16.0 Å². The first-order valence-corrected chi connectivity index (χ1v) is 10.8. The number of likely N-dealkylation sites (tertiary alicyclic amines) is 1. The molecule has 3 aromatic rings. The van der Waals surface area contributed by atoms with Gasteiger partial charge in [-0.05, 0) is 30.7 Å². The zero-order chi connectivity index (χ0) is 20.5. The Morgan fingerprint density at radius 1 is 1.28 bits per heavy atom. The number of thiophene rings is 1. The number of piperidine rings is 1. The molecule has 1 aliphatic heterocycles. The Hall–Kier alpha value is -2.75. The minimum Gasteiger partial charge on any atom is -0.369 e. The van der Waals surface area contributed by atoms with E-state index in [4.69, 9.17) is 5.73 Å². The van der Waals surface area contributed by atoms with E-state index in [1.54, 1.807) is 9.47 Å². The van der Waals surface area contributed by atoms with Crippen LogP contribution in [0.5, 0.6) is 0 Å². The van der Waals surface area contributed by atoms with Crippen molar-refractivity contribution < 1.29 is 9.59 Å². The molecule has 2 N–H and O–H groups in total. The van der Waals surface area contributed by atoms with Crippen LogP contribution in [0.4, 0.5) is 0 Å². The van der Waals surface area contributed by atoms with Gasteiger partial charge in [-0.1, -0.05) is 6.92 Å². The molecule has 0 radical (unpaired) electrons. The van der Waals surface area contributed by atoms with Crippen molar-refractivity contribution in [3.63, 3.8) is 0 Å². The number of carbonyl (C=O) groups excluding carboxylic acids is 2. The highest BCUT2D eigenvalue weighted by Crippen LogP contribution is 2.21. The minimum atomic E-state index is -0.287. The zero-order valence-electron chi connectivity index (χ0n) is 16.3. The second-order valence-corrected chi connectivity index (χ2v) is 8.32. The van der Waals surface area contributed by atoms with Gasteiger partial charge in [-0.3, -0.25) is 23.4 Å². The molecular weight excluding hydrogens is 392 g/mol. The summed E-state index contributed by atoms with van der Waals surface area (Å²) in [5.41, 5.74) is 6.11. The molecule has 1 aliphatic rings. The van der Waals surface area contributed by atoms with Gasteiger partial charge < -0.3 is 10.6 Å². The Bertz CT molecular complexity index is 1120. The molecule has 0 aliphatic carbocycles. The third kappa shape index (κ3) is 3.52. The lowest BCUT2D eigenvalue weighted by atomic mass is 9.96. The number of rotatable bonds is 6. The first-order chi connectivity index (χ1) is 14.0. The highest BCUT2D eigenvalue weighted by molar-refractivity contribution is 7.17. The molecule has 4 rings (SSSR count). The Morgan fingerprint density at radius 2 is 2.03 bits per heavy atom. The van der Waals surface area contributed by atoms with Gasteiger partial charge >= 0.3 is 0 Å². The number of amides is 2. The van der Waals surface area contributed by atoms with Gasteiger partial charge in [-0.15, -0.1) is 21.5 Å². The van der Waals surface area contributed by atoms with E-state index in [0.717, 1.165) is 11.9 Å². The molecule has 0 saturated carbocycles. The van der Waals surface area contributed by atoms with Gasteiger partial charge in [0.25, 0.3) is 5.56 Å². The van der Waals surface area contributed by atoms with Gasteiger partial charge in [0.2, 0.25) is 17.6 Å². The average molecular weight is 417 g/mol. The Balaban J connectivity index is 1.56. The maximum absolute atomic E-state index is 12.7. The molecule has 154 valence electrons. The van der Waals surface area contributed by atoms with E-state index < -0.39 is 0 Å². The number of hydrogen-bond acceptors (Lipinski definition) is 6.